The van der Waals surface area contributed by atoms with Crippen LogP contribution in [-0.2, 0) is 6.54 Å². The van der Waals surface area contributed by atoms with Gasteiger partial charge in [-0.15, -0.1) is 0 Å². The lowest BCUT2D eigenvalue weighted by molar-refractivity contribution is 0.503. The molecule has 1 N–H and O–H groups in total. The molecule has 4 nitrogen and oxygen atoms in total. The van der Waals surface area contributed by atoms with E-state index < -0.39 is 0 Å². The second kappa shape index (κ2) is 4.46. The zero-order valence-corrected chi connectivity index (χ0v) is 11.8. The molecule has 0 atom stereocenters. The fourth-order valence-corrected chi connectivity index (χ4v) is 2.70. The van der Waals surface area contributed by atoms with E-state index >= 15 is 0 Å². The molecule has 2 aromatic heterocycles. The number of anilines is 1. The quantitative estimate of drug-likeness (QED) is 0.785. The summed E-state index contributed by atoms with van der Waals surface area (Å²) in [6.45, 7) is 9.64. The number of nitrogens with zero attached hydrogens (tertiary/aromatic N) is 3. The monoisotopic (exact) mass is 256 g/mol. The Bertz CT molecular complexity index is 601. The van der Waals surface area contributed by atoms with Crippen molar-refractivity contribution in [3.8, 4) is 0 Å². The van der Waals surface area contributed by atoms with Crippen LogP contribution in [0.15, 0.2) is 24.5 Å². The summed E-state index contributed by atoms with van der Waals surface area (Å²) in [6.07, 6.45) is 3.76. The second-order valence-corrected chi connectivity index (χ2v) is 6.01. The van der Waals surface area contributed by atoms with Gasteiger partial charge in [0, 0.05) is 48.5 Å². The van der Waals surface area contributed by atoms with Gasteiger partial charge in [-0.3, -0.25) is 0 Å². The van der Waals surface area contributed by atoms with Crippen LogP contribution in [0, 0.1) is 0 Å². The molecule has 0 unspecified atom stereocenters. The largest absolute Gasteiger partial charge is 0.365 e. The highest BCUT2D eigenvalue weighted by atomic mass is 15.2. The van der Waals surface area contributed by atoms with Gasteiger partial charge >= 0.3 is 0 Å². The number of pyridine rings is 2. The molecule has 0 fully saturated rings. The maximum atomic E-state index is 4.47. The third kappa shape index (κ3) is 2.16. The van der Waals surface area contributed by atoms with Crippen molar-refractivity contribution in [2.45, 2.75) is 32.9 Å². The molecule has 0 amide bonds. The van der Waals surface area contributed by atoms with Gasteiger partial charge in [0.2, 0.25) is 0 Å². The van der Waals surface area contributed by atoms with E-state index in [2.05, 4.69) is 47.0 Å². The van der Waals surface area contributed by atoms with Crippen molar-refractivity contribution in [3.63, 3.8) is 0 Å². The Hall–Kier alpha value is -1.68. The number of nitrogens with one attached hydrogen (secondary N) is 1. The van der Waals surface area contributed by atoms with Crippen molar-refractivity contribution in [1.29, 1.82) is 0 Å². The van der Waals surface area contributed by atoms with E-state index in [1.54, 1.807) is 6.20 Å². The molecular weight excluding hydrogens is 236 g/mol. The van der Waals surface area contributed by atoms with Crippen LogP contribution in [0.25, 0.3) is 11.0 Å². The second-order valence-electron chi connectivity index (χ2n) is 6.01. The molecule has 3 heterocycles. The van der Waals surface area contributed by atoms with Crippen LogP contribution in [0.4, 0.5) is 5.69 Å². The van der Waals surface area contributed by atoms with Crippen molar-refractivity contribution in [2.24, 2.45) is 0 Å². The zero-order valence-electron chi connectivity index (χ0n) is 11.8. The van der Waals surface area contributed by atoms with Crippen LogP contribution in [0.3, 0.4) is 0 Å². The van der Waals surface area contributed by atoms with E-state index in [4.69, 9.17) is 0 Å². The Kier molecular flexibility index (Phi) is 2.90. The Labute approximate surface area is 113 Å². The number of hydrogen-bond donors (Lipinski definition) is 1. The number of hydrogen-bond acceptors (Lipinski definition) is 4. The molecule has 0 saturated carbocycles. The summed E-state index contributed by atoms with van der Waals surface area (Å²) in [5.74, 6) is 0. The molecule has 0 radical (unpaired) electrons. The van der Waals surface area contributed by atoms with Crippen LogP contribution in [0.5, 0.6) is 0 Å². The number of fused-ring (bicyclic) bond motifs is 3. The summed E-state index contributed by atoms with van der Waals surface area (Å²) >= 11 is 0. The molecule has 0 saturated heterocycles. The Balaban J connectivity index is 2.28. The van der Waals surface area contributed by atoms with Crippen molar-refractivity contribution >= 4 is 16.7 Å². The SMILES string of the molecule is CC(C)(C)N1CCNCc2cnc3ncccc3c21. The fraction of sp³-hybridized carbons (Fsp3) is 0.467. The Morgan fingerprint density at radius 3 is 2.89 bits per heavy atom. The molecule has 0 bridgehead atoms. The third-order valence-corrected chi connectivity index (χ3v) is 3.60. The van der Waals surface area contributed by atoms with Gasteiger partial charge in [-0.2, -0.15) is 0 Å². The summed E-state index contributed by atoms with van der Waals surface area (Å²) in [7, 11) is 0. The van der Waals surface area contributed by atoms with Crippen molar-refractivity contribution in [1.82, 2.24) is 15.3 Å². The first-order valence-electron chi connectivity index (χ1n) is 6.78. The van der Waals surface area contributed by atoms with Crippen LogP contribution in [-0.4, -0.2) is 28.6 Å². The molecule has 0 spiro atoms. The Morgan fingerprint density at radius 1 is 1.26 bits per heavy atom. The minimum Gasteiger partial charge on any atom is -0.365 e. The highest BCUT2D eigenvalue weighted by Crippen LogP contribution is 2.34. The molecule has 4 heteroatoms. The topological polar surface area (TPSA) is 41.0 Å². The van der Waals surface area contributed by atoms with Crippen LogP contribution < -0.4 is 10.2 Å². The standard InChI is InChI=1S/C15H20N4/c1-15(2,3)19-8-7-16-9-11-10-18-14-12(13(11)19)5-4-6-17-14/h4-6,10,16H,7-9H2,1-3H3. The van der Waals surface area contributed by atoms with Crippen LogP contribution in [0.1, 0.15) is 26.3 Å². The molecule has 0 aliphatic carbocycles. The lowest BCUT2D eigenvalue weighted by Crippen LogP contribution is -2.44. The molecule has 1 aliphatic heterocycles. The minimum atomic E-state index is 0.0882. The van der Waals surface area contributed by atoms with Gasteiger partial charge in [0.1, 0.15) is 0 Å². The average Bonchev–Trinajstić information content (AvgIpc) is 2.60. The van der Waals surface area contributed by atoms with Gasteiger partial charge in [-0.1, -0.05) is 0 Å². The van der Waals surface area contributed by atoms with Gasteiger partial charge in [-0.25, -0.2) is 9.97 Å². The third-order valence-electron chi connectivity index (χ3n) is 3.60. The van der Waals surface area contributed by atoms with Crippen LogP contribution >= 0.6 is 0 Å². The fourth-order valence-electron chi connectivity index (χ4n) is 2.70. The van der Waals surface area contributed by atoms with E-state index in [1.165, 1.54) is 11.3 Å². The molecule has 2 aromatic rings. The predicted molar refractivity (Wildman–Crippen MR) is 78.3 cm³/mol. The number of aromatic nitrogens is 2. The van der Waals surface area contributed by atoms with E-state index in [0.29, 0.717) is 0 Å². The van der Waals surface area contributed by atoms with Gasteiger partial charge in [0.25, 0.3) is 0 Å². The average molecular weight is 256 g/mol. The summed E-state index contributed by atoms with van der Waals surface area (Å²) in [4.78, 5) is 11.3. The minimum absolute atomic E-state index is 0.0882. The predicted octanol–water partition coefficient (Wildman–Crippen LogP) is 2.34. The van der Waals surface area contributed by atoms with Crippen molar-refractivity contribution in [3.05, 3.63) is 30.1 Å². The Morgan fingerprint density at radius 2 is 2.11 bits per heavy atom. The molecule has 19 heavy (non-hydrogen) atoms. The first-order valence-corrected chi connectivity index (χ1v) is 6.78. The maximum absolute atomic E-state index is 4.47. The lowest BCUT2D eigenvalue weighted by Gasteiger charge is -2.38. The lowest BCUT2D eigenvalue weighted by atomic mass is 10.0. The van der Waals surface area contributed by atoms with Gasteiger partial charge in [0.05, 0.1) is 5.69 Å². The maximum Gasteiger partial charge on any atom is 0.161 e. The first-order chi connectivity index (χ1) is 9.07. The summed E-state index contributed by atoms with van der Waals surface area (Å²) in [5.41, 5.74) is 3.46. The number of rotatable bonds is 0. The summed E-state index contributed by atoms with van der Waals surface area (Å²) in [6, 6.07) is 4.11. The normalized spacial score (nSPS) is 16.3. The van der Waals surface area contributed by atoms with E-state index in [1.807, 2.05) is 12.3 Å². The van der Waals surface area contributed by atoms with Gasteiger partial charge < -0.3 is 10.2 Å². The van der Waals surface area contributed by atoms with Crippen LogP contribution in [0.2, 0.25) is 0 Å². The van der Waals surface area contributed by atoms with Gasteiger partial charge in [0.15, 0.2) is 5.65 Å². The van der Waals surface area contributed by atoms with E-state index in [-0.39, 0.29) is 5.54 Å². The first kappa shape index (κ1) is 12.4. The summed E-state index contributed by atoms with van der Waals surface area (Å²) < 4.78 is 0. The molecular formula is C15H20N4. The van der Waals surface area contributed by atoms with E-state index in [9.17, 15) is 0 Å². The molecule has 0 aromatic carbocycles. The smallest absolute Gasteiger partial charge is 0.161 e. The summed E-state index contributed by atoms with van der Waals surface area (Å²) in [5, 5.41) is 4.62. The van der Waals surface area contributed by atoms with E-state index in [0.717, 1.165) is 30.7 Å². The van der Waals surface area contributed by atoms with Crippen molar-refractivity contribution in [2.75, 3.05) is 18.0 Å². The van der Waals surface area contributed by atoms with Gasteiger partial charge in [-0.05, 0) is 32.9 Å². The molecule has 3 rings (SSSR count). The molecule has 100 valence electrons. The highest BCUT2D eigenvalue weighted by Gasteiger charge is 2.27. The molecule has 1 aliphatic rings. The highest BCUT2D eigenvalue weighted by molar-refractivity contribution is 5.91. The zero-order chi connectivity index (χ0) is 13.5. The van der Waals surface area contributed by atoms with Crippen molar-refractivity contribution < 1.29 is 0 Å².